The predicted molar refractivity (Wildman–Crippen MR) is 118 cm³/mol. The van der Waals surface area contributed by atoms with Gasteiger partial charge in [0.25, 0.3) is 5.91 Å². The SMILES string of the molecule is Cc1ccc(CN2C(=O)[C@@](O)(CC(=O)c3ccc(C)s3)c3cc(Br)ccc32)cc1. The van der Waals surface area contributed by atoms with E-state index in [1.54, 1.807) is 17.0 Å². The Labute approximate surface area is 181 Å². The van der Waals surface area contributed by atoms with Gasteiger partial charge in [-0.25, -0.2) is 0 Å². The molecule has 0 spiro atoms. The van der Waals surface area contributed by atoms with Crippen molar-refractivity contribution in [1.82, 2.24) is 0 Å². The zero-order valence-electron chi connectivity index (χ0n) is 16.1. The van der Waals surface area contributed by atoms with Crippen LogP contribution in [0.3, 0.4) is 0 Å². The zero-order chi connectivity index (χ0) is 20.8. The minimum Gasteiger partial charge on any atom is -0.375 e. The highest BCUT2D eigenvalue weighted by atomic mass is 79.9. The predicted octanol–water partition coefficient (Wildman–Crippen LogP) is 5.13. The minimum atomic E-state index is -1.88. The van der Waals surface area contributed by atoms with E-state index in [0.29, 0.717) is 22.7 Å². The lowest BCUT2D eigenvalue weighted by atomic mass is 9.89. The van der Waals surface area contributed by atoms with Gasteiger partial charge in [-0.05, 0) is 49.7 Å². The van der Waals surface area contributed by atoms with Gasteiger partial charge >= 0.3 is 0 Å². The number of anilines is 1. The average molecular weight is 470 g/mol. The molecule has 29 heavy (non-hydrogen) atoms. The Balaban J connectivity index is 1.71. The van der Waals surface area contributed by atoms with Crippen LogP contribution in [0.4, 0.5) is 5.69 Å². The fourth-order valence-electron chi connectivity index (χ4n) is 3.63. The van der Waals surface area contributed by atoms with E-state index in [9.17, 15) is 14.7 Å². The first kappa shape index (κ1) is 20.0. The third kappa shape index (κ3) is 3.68. The van der Waals surface area contributed by atoms with Crippen LogP contribution in [0.5, 0.6) is 0 Å². The van der Waals surface area contributed by atoms with Crippen LogP contribution in [0, 0.1) is 13.8 Å². The van der Waals surface area contributed by atoms with Crippen LogP contribution in [-0.2, 0) is 16.9 Å². The number of hydrogen-bond acceptors (Lipinski definition) is 4. The molecule has 1 aliphatic heterocycles. The molecule has 0 unspecified atom stereocenters. The maximum atomic E-state index is 13.4. The van der Waals surface area contributed by atoms with E-state index in [2.05, 4.69) is 15.9 Å². The Morgan fingerprint density at radius 3 is 2.48 bits per heavy atom. The minimum absolute atomic E-state index is 0.234. The molecular formula is C23H20BrNO3S. The number of aliphatic hydroxyl groups is 1. The molecule has 6 heteroatoms. The maximum absolute atomic E-state index is 13.4. The summed E-state index contributed by atoms with van der Waals surface area (Å²) in [6.45, 7) is 4.27. The number of carbonyl (C=O) groups is 2. The Kier molecular flexibility index (Phi) is 5.19. The van der Waals surface area contributed by atoms with Gasteiger partial charge in [-0.1, -0.05) is 45.8 Å². The first-order chi connectivity index (χ1) is 13.8. The topological polar surface area (TPSA) is 57.6 Å². The second-order valence-electron chi connectivity index (χ2n) is 7.41. The number of fused-ring (bicyclic) bond motifs is 1. The molecule has 4 nitrogen and oxygen atoms in total. The van der Waals surface area contributed by atoms with Crippen molar-refractivity contribution in [3.63, 3.8) is 0 Å². The van der Waals surface area contributed by atoms with Gasteiger partial charge in [0.05, 0.1) is 23.5 Å². The van der Waals surface area contributed by atoms with E-state index in [1.165, 1.54) is 11.3 Å². The largest absolute Gasteiger partial charge is 0.375 e. The molecule has 1 N–H and O–H groups in total. The van der Waals surface area contributed by atoms with Crippen LogP contribution in [0.15, 0.2) is 59.1 Å². The second kappa shape index (κ2) is 7.52. The second-order valence-corrected chi connectivity index (χ2v) is 9.61. The highest BCUT2D eigenvalue weighted by molar-refractivity contribution is 9.10. The molecule has 2 heterocycles. The van der Waals surface area contributed by atoms with Crippen molar-refractivity contribution in [2.24, 2.45) is 0 Å². The number of thiophene rings is 1. The van der Waals surface area contributed by atoms with E-state index in [4.69, 9.17) is 0 Å². The normalized spacial score (nSPS) is 18.2. The summed E-state index contributed by atoms with van der Waals surface area (Å²) < 4.78 is 0.749. The van der Waals surface area contributed by atoms with Crippen LogP contribution in [0.1, 0.15) is 37.7 Å². The number of carbonyl (C=O) groups excluding carboxylic acids is 2. The Bertz CT molecular complexity index is 1110. The Morgan fingerprint density at radius 1 is 1.10 bits per heavy atom. The molecular weight excluding hydrogens is 450 g/mol. The monoisotopic (exact) mass is 469 g/mol. The Hall–Kier alpha value is -2.28. The van der Waals surface area contributed by atoms with Crippen molar-refractivity contribution in [3.05, 3.63) is 85.5 Å². The van der Waals surface area contributed by atoms with Gasteiger partial charge in [-0.15, -0.1) is 11.3 Å². The van der Waals surface area contributed by atoms with Crippen molar-refractivity contribution in [1.29, 1.82) is 0 Å². The number of hydrogen-bond donors (Lipinski definition) is 1. The summed E-state index contributed by atoms with van der Waals surface area (Å²) in [6, 6.07) is 16.9. The summed E-state index contributed by atoms with van der Waals surface area (Å²) >= 11 is 4.80. The molecule has 1 aromatic heterocycles. The highest BCUT2D eigenvalue weighted by Crippen LogP contribution is 2.45. The van der Waals surface area contributed by atoms with Gasteiger partial charge in [-0.3, -0.25) is 9.59 Å². The van der Waals surface area contributed by atoms with Gasteiger partial charge in [0, 0.05) is 14.9 Å². The number of rotatable bonds is 5. The van der Waals surface area contributed by atoms with Crippen molar-refractivity contribution in [3.8, 4) is 0 Å². The summed E-state index contributed by atoms with van der Waals surface area (Å²) in [6.07, 6.45) is -0.278. The van der Waals surface area contributed by atoms with Crippen LogP contribution >= 0.6 is 27.3 Å². The number of benzene rings is 2. The van der Waals surface area contributed by atoms with Crippen LogP contribution in [0.25, 0.3) is 0 Å². The molecule has 4 rings (SSSR count). The highest BCUT2D eigenvalue weighted by Gasteiger charge is 2.51. The third-order valence-electron chi connectivity index (χ3n) is 5.19. The number of Topliss-reactive ketones (excluding diaryl/α,β-unsaturated/α-hetero) is 1. The summed E-state index contributed by atoms with van der Waals surface area (Å²) in [7, 11) is 0. The Morgan fingerprint density at radius 2 is 1.83 bits per heavy atom. The number of aryl methyl sites for hydroxylation is 2. The molecule has 1 atom stereocenters. The van der Waals surface area contributed by atoms with E-state index in [1.807, 2.05) is 56.3 Å². The van der Waals surface area contributed by atoms with E-state index < -0.39 is 11.5 Å². The number of ketones is 1. The molecule has 0 fully saturated rings. The van der Waals surface area contributed by atoms with Crippen molar-refractivity contribution in [2.45, 2.75) is 32.4 Å². The number of halogens is 1. The van der Waals surface area contributed by atoms with Gasteiger partial charge < -0.3 is 10.0 Å². The molecule has 148 valence electrons. The fraction of sp³-hybridized carbons (Fsp3) is 0.217. The summed E-state index contributed by atoms with van der Waals surface area (Å²) in [5.41, 5.74) is 1.32. The third-order valence-corrected chi connectivity index (χ3v) is 6.72. The zero-order valence-corrected chi connectivity index (χ0v) is 18.5. The molecule has 0 saturated heterocycles. The maximum Gasteiger partial charge on any atom is 0.264 e. The molecule has 1 amide bonds. The summed E-state index contributed by atoms with van der Waals surface area (Å²) in [5, 5.41) is 11.4. The smallest absolute Gasteiger partial charge is 0.264 e. The molecule has 2 aromatic carbocycles. The lowest BCUT2D eigenvalue weighted by Gasteiger charge is -2.22. The standard InChI is InChI=1S/C23H20BrNO3S/c1-14-3-6-16(7-4-14)13-25-19-9-8-17(24)11-18(19)23(28,22(25)27)12-20(26)21-10-5-15(2)29-21/h3-11,28H,12-13H2,1-2H3/t23-/m1/s1. The molecule has 0 saturated carbocycles. The first-order valence-corrected chi connectivity index (χ1v) is 10.9. The molecule has 3 aromatic rings. The van der Waals surface area contributed by atoms with Gasteiger partial charge in [-0.2, -0.15) is 0 Å². The lowest BCUT2D eigenvalue weighted by molar-refractivity contribution is -0.136. The lowest BCUT2D eigenvalue weighted by Crippen LogP contribution is -2.41. The number of nitrogens with zero attached hydrogens (tertiary/aromatic N) is 1. The average Bonchev–Trinajstić information content (AvgIpc) is 3.20. The molecule has 0 aliphatic carbocycles. The number of amides is 1. The van der Waals surface area contributed by atoms with Gasteiger partial charge in [0.15, 0.2) is 11.4 Å². The van der Waals surface area contributed by atoms with E-state index in [0.717, 1.165) is 20.5 Å². The summed E-state index contributed by atoms with van der Waals surface area (Å²) in [5.74, 6) is -0.699. The van der Waals surface area contributed by atoms with Gasteiger partial charge in [0.1, 0.15) is 0 Å². The summed E-state index contributed by atoms with van der Waals surface area (Å²) in [4.78, 5) is 29.3. The van der Waals surface area contributed by atoms with Crippen LogP contribution < -0.4 is 4.90 Å². The van der Waals surface area contributed by atoms with Gasteiger partial charge in [0.2, 0.25) is 0 Å². The molecule has 0 radical (unpaired) electrons. The molecule has 1 aliphatic rings. The first-order valence-electron chi connectivity index (χ1n) is 9.27. The van der Waals surface area contributed by atoms with Crippen molar-refractivity contribution >= 4 is 44.6 Å². The van der Waals surface area contributed by atoms with Crippen molar-refractivity contribution < 1.29 is 14.7 Å². The van der Waals surface area contributed by atoms with E-state index >= 15 is 0 Å². The van der Waals surface area contributed by atoms with Crippen LogP contribution in [-0.4, -0.2) is 16.8 Å². The quantitative estimate of drug-likeness (QED) is 0.526. The fourth-order valence-corrected chi connectivity index (χ4v) is 4.80. The van der Waals surface area contributed by atoms with Crippen molar-refractivity contribution in [2.75, 3.05) is 4.90 Å². The van der Waals surface area contributed by atoms with E-state index in [-0.39, 0.29) is 12.2 Å². The molecule has 0 bridgehead atoms. The van der Waals surface area contributed by atoms with Crippen LogP contribution in [0.2, 0.25) is 0 Å².